The highest BCUT2D eigenvalue weighted by Crippen LogP contribution is 2.13. The molecule has 2 nitrogen and oxygen atoms in total. The third kappa shape index (κ3) is 13.2. The van der Waals surface area contributed by atoms with Gasteiger partial charge in [-0.3, -0.25) is 0 Å². The van der Waals surface area contributed by atoms with Crippen molar-refractivity contribution < 1.29 is 22.0 Å². The average Bonchev–Trinajstić information content (AvgIpc) is 2.39. The van der Waals surface area contributed by atoms with Gasteiger partial charge in [0.2, 0.25) is 0 Å². The second kappa shape index (κ2) is 15.6. The number of hydrogen-bond donors (Lipinski definition) is 1. The van der Waals surface area contributed by atoms with E-state index in [1.54, 1.807) is 0 Å². The number of rotatable bonds is 14. The van der Waals surface area contributed by atoms with Crippen LogP contribution in [-0.4, -0.2) is 42.9 Å². The molecule has 0 amide bonds. The Morgan fingerprint density at radius 2 is 1.05 bits per heavy atom. The van der Waals surface area contributed by atoms with E-state index in [-0.39, 0.29) is 12.4 Å². The largest absolute Gasteiger partial charge is 1.00 e. The van der Waals surface area contributed by atoms with Gasteiger partial charge in [-0.1, -0.05) is 39.5 Å². The van der Waals surface area contributed by atoms with Gasteiger partial charge in [-0.15, -0.1) is 0 Å². The second-order valence-electron chi connectivity index (χ2n) is 6.34. The molecule has 0 bridgehead atoms. The summed E-state index contributed by atoms with van der Waals surface area (Å²) in [6.45, 7) is 8.82. The molecular formula is C17H38ClNO. The first-order valence-corrected chi connectivity index (χ1v) is 8.63. The average molecular weight is 308 g/mol. The number of hydrogen-bond acceptors (Lipinski definition) is 1. The zero-order valence-corrected chi connectivity index (χ0v) is 14.9. The van der Waals surface area contributed by atoms with Crippen molar-refractivity contribution in [2.75, 3.05) is 33.3 Å². The van der Waals surface area contributed by atoms with E-state index >= 15 is 0 Å². The fraction of sp³-hybridized carbons (Fsp3) is 1.00. The molecule has 1 N–H and O–H groups in total. The Balaban J connectivity index is 0. The maximum absolute atomic E-state index is 8.94. The summed E-state index contributed by atoms with van der Waals surface area (Å²) in [6, 6.07) is 0. The lowest BCUT2D eigenvalue weighted by atomic mass is 10.1. The summed E-state index contributed by atoms with van der Waals surface area (Å²) in [4.78, 5) is 0. The summed E-state index contributed by atoms with van der Waals surface area (Å²) < 4.78 is 1.23. The van der Waals surface area contributed by atoms with Crippen molar-refractivity contribution in [2.45, 2.75) is 78.1 Å². The summed E-state index contributed by atoms with van der Waals surface area (Å²) in [7, 11) is 2.42. The molecule has 0 aliphatic rings. The first-order valence-electron chi connectivity index (χ1n) is 8.63. The summed E-state index contributed by atoms with van der Waals surface area (Å²) >= 11 is 0. The van der Waals surface area contributed by atoms with Crippen molar-refractivity contribution in [3.8, 4) is 0 Å². The van der Waals surface area contributed by atoms with E-state index in [9.17, 15) is 0 Å². The van der Waals surface area contributed by atoms with E-state index in [0.29, 0.717) is 6.61 Å². The lowest BCUT2D eigenvalue weighted by Gasteiger charge is -2.35. The minimum Gasteiger partial charge on any atom is -1.00 e. The summed E-state index contributed by atoms with van der Waals surface area (Å²) in [5, 5.41) is 8.94. The molecule has 0 fully saturated rings. The van der Waals surface area contributed by atoms with E-state index < -0.39 is 0 Å². The van der Waals surface area contributed by atoms with Crippen LogP contribution in [0.1, 0.15) is 78.1 Å². The molecule has 0 aliphatic carbocycles. The van der Waals surface area contributed by atoms with Gasteiger partial charge in [-0.05, 0) is 38.5 Å². The quantitative estimate of drug-likeness (QED) is 0.380. The molecule has 124 valence electrons. The Bertz CT molecular complexity index is 178. The summed E-state index contributed by atoms with van der Waals surface area (Å²) in [5.74, 6) is 0. The van der Waals surface area contributed by atoms with Crippen molar-refractivity contribution in [3.05, 3.63) is 0 Å². The normalized spacial score (nSPS) is 13.8. The van der Waals surface area contributed by atoms with E-state index in [0.717, 1.165) is 6.42 Å². The Hall–Kier alpha value is 0.210. The Morgan fingerprint density at radius 3 is 1.55 bits per heavy atom. The Labute approximate surface area is 133 Å². The zero-order chi connectivity index (χ0) is 14.4. The maximum atomic E-state index is 8.94. The van der Waals surface area contributed by atoms with Crippen LogP contribution in [0.4, 0.5) is 0 Å². The van der Waals surface area contributed by atoms with Crippen molar-refractivity contribution in [1.29, 1.82) is 0 Å². The molecule has 0 radical (unpaired) electrons. The van der Waals surface area contributed by atoms with Crippen LogP contribution in [0.25, 0.3) is 0 Å². The van der Waals surface area contributed by atoms with Gasteiger partial charge in [0.1, 0.15) is 0 Å². The summed E-state index contributed by atoms with van der Waals surface area (Å²) in [6.07, 6.45) is 13.1. The minimum absolute atomic E-state index is 0. The topological polar surface area (TPSA) is 20.2 Å². The number of aliphatic hydroxyl groups excluding tert-OH is 1. The fourth-order valence-electron chi connectivity index (χ4n) is 2.78. The minimum atomic E-state index is 0. The molecule has 0 aliphatic heterocycles. The van der Waals surface area contributed by atoms with Crippen molar-refractivity contribution >= 4 is 0 Å². The third-order valence-electron chi connectivity index (χ3n) is 4.21. The van der Waals surface area contributed by atoms with Crippen LogP contribution >= 0.6 is 0 Å². The van der Waals surface area contributed by atoms with E-state index in [1.807, 2.05) is 0 Å². The number of halogens is 1. The van der Waals surface area contributed by atoms with Crippen molar-refractivity contribution in [3.63, 3.8) is 0 Å². The molecule has 0 aromatic rings. The van der Waals surface area contributed by atoms with Gasteiger partial charge in [0.15, 0.2) is 0 Å². The van der Waals surface area contributed by atoms with Gasteiger partial charge in [0, 0.05) is 6.61 Å². The Kier molecular flexibility index (Phi) is 17.5. The molecule has 0 saturated heterocycles. The van der Waals surface area contributed by atoms with E-state index in [1.165, 1.54) is 81.9 Å². The van der Waals surface area contributed by atoms with Crippen molar-refractivity contribution in [1.82, 2.24) is 0 Å². The monoisotopic (exact) mass is 307 g/mol. The molecule has 20 heavy (non-hydrogen) atoms. The molecule has 1 atom stereocenters. The lowest BCUT2D eigenvalue weighted by Crippen LogP contribution is -3.00. The zero-order valence-electron chi connectivity index (χ0n) is 14.2. The highest BCUT2D eigenvalue weighted by molar-refractivity contribution is 4.48. The van der Waals surface area contributed by atoms with Crippen LogP contribution in [0.5, 0.6) is 0 Å². The van der Waals surface area contributed by atoms with Gasteiger partial charge in [0.25, 0.3) is 0 Å². The molecule has 0 aromatic carbocycles. The first-order chi connectivity index (χ1) is 9.18. The highest BCUT2D eigenvalue weighted by Gasteiger charge is 2.19. The fourth-order valence-corrected chi connectivity index (χ4v) is 2.78. The molecule has 0 heterocycles. The summed E-state index contributed by atoms with van der Waals surface area (Å²) in [5.41, 5.74) is 0. The lowest BCUT2D eigenvalue weighted by molar-refractivity contribution is -0.910. The molecular weight excluding hydrogens is 270 g/mol. The molecule has 0 rings (SSSR count). The smallest absolute Gasteiger partial charge is 0.0785 e. The number of quaternary nitrogens is 1. The molecule has 0 saturated carbocycles. The first kappa shape index (κ1) is 22.5. The highest BCUT2D eigenvalue weighted by atomic mass is 35.5. The molecule has 1 unspecified atom stereocenters. The van der Waals surface area contributed by atoms with Gasteiger partial charge in [0.05, 0.1) is 26.7 Å². The van der Waals surface area contributed by atoms with E-state index in [2.05, 4.69) is 20.9 Å². The van der Waals surface area contributed by atoms with E-state index in [4.69, 9.17) is 5.11 Å². The molecule has 0 aromatic heterocycles. The van der Waals surface area contributed by atoms with Crippen LogP contribution in [-0.2, 0) is 0 Å². The predicted molar refractivity (Wildman–Crippen MR) is 85.4 cm³/mol. The van der Waals surface area contributed by atoms with Gasteiger partial charge in [-0.25, -0.2) is 0 Å². The standard InChI is InChI=1S/C17H38NO.ClH/c1-4-6-8-9-11-15-18(3,14-10-7-5-2)16-12-13-17-19;/h19H,4-17H2,1-3H3;1H/q+1;/p-1. The van der Waals surface area contributed by atoms with Crippen LogP contribution in [0.2, 0.25) is 0 Å². The Morgan fingerprint density at radius 1 is 0.650 bits per heavy atom. The van der Waals surface area contributed by atoms with Crippen LogP contribution < -0.4 is 12.4 Å². The van der Waals surface area contributed by atoms with Crippen LogP contribution in [0, 0.1) is 0 Å². The van der Waals surface area contributed by atoms with Crippen molar-refractivity contribution in [2.24, 2.45) is 0 Å². The van der Waals surface area contributed by atoms with Gasteiger partial charge >= 0.3 is 0 Å². The number of aliphatic hydroxyl groups is 1. The number of unbranched alkanes of at least 4 members (excludes halogenated alkanes) is 7. The van der Waals surface area contributed by atoms with Crippen LogP contribution in [0.15, 0.2) is 0 Å². The van der Waals surface area contributed by atoms with Gasteiger partial charge < -0.3 is 22.0 Å². The maximum Gasteiger partial charge on any atom is 0.0785 e. The predicted octanol–water partition coefficient (Wildman–Crippen LogP) is 1.37. The SMILES string of the molecule is CCCCCCC[N+](C)(CCCCC)CCCCO.[Cl-]. The second-order valence-corrected chi connectivity index (χ2v) is 6.34. The number of nitrogens with zero attached hydrogens (tertiary/aromatic N) is 1. The van der Waals surface area contributed by atoms with Crippen LogP contribution in [0.3, 0.4) is 0 Å². The molecule has 0 spiro atoms. The third-order valence-corrected chi connectivity index (χ3v) is 4.21. The molecule has 3 heteroatoms. The van der Waals surface area contributed by atoms with Gasteiger partial charge in [-0.2, -0.15) is 0 Å².